The lowest BCUT2D eigenvalue weighted by Crippen LogP contribution is -2.47. The van der Waals surface area contributed by atoms with Gasteiger partial charge in [0.1, 0.15) is 10.7 Å². The van der Waals surface area contributed by atoms with E-state index in [1.54, 1.807) is 18.2 Å². The number of piperazine rings is 1. The van der Waals surface area contributed by atoms with Crippen LogP contribution in [0, 0.1) is 0 Å². The molecule has 1 aliphatic heterocycles. The number of rotatable bonds is 4. The van der Waals surface area contributed by atoms with E-state index in [9.17, 15) is 8.42 Å². The molecule has 0 amide bonds. The summed E-state index contributed by atoms with van der Waals surface area (Å²) in [5, 5.41) is 0.719. The monoisotopic (exact) mass is 429 g/mol. The third-order valence-corrected chi connectivity index (χ3v) is 6.97. The SMILES string of the molecule is Nc1nc(N2CCN(c3ccccc3Cl)CC2)ncc1S(=O)(=O)c1ccccc1. The lowest BCUT2D eigenvalue weighted by Gasteiger charge is -2.36. The summed E-state index contributed by atoms with van der Waals surface area (Å²) in [6, 6.07) is 15.9. The van der Waals surface area contributed by atoms with Crippen LogP contribution in [-0.4, -0.2) is 44.6 Å². The van der Waals surface area contributed by atoms with Gasteiger partial charge >= 0.3 is 0 Å². The largest absolute Gasteiger partial charge is 0.382 e. The molecular weight excluding hydrogens is 410 g/mol. The molecule has 1 aliphatic rings. The molecule has 1 aromatic heterocycles. The smallest absolute Gasteiger partial charge is 0.227 e. The van der Waals surface area contributed by atoms with Crippen molar-refractivity contribution in [2.75, 3.05) is 41.7 Å². The fourth-order valence-electron chi connectivity index (χ4n) is 3.32. The van der Waals surface area contributed by atoms with Crippen LogP contribution in [0.3, 0.4) is 0 Å². The molecular formula is C20H20ClN5O2S. The second-order valence-corrected chi connectivity index (χ2v) is 8.99. The van der Waals surface area contributed by atoms with E-state index in [-0.39, 0.29) is 15.6 Å². The second kappa shape index (κ2) is 7.88. The molecule has 4 rings (SSSR count). The summed E-state index contributed by atoms with van der Waals surface area (Å²) in [6.07, 6.45) is 1.29. The van der Waals surface area contributed by atoms with E-state index in [4.69, 9.17) is 17.3 Å². The molecule has 0 aliphatic carbocycles. The Hall–Kier alpha value is -2.84. The van der Waals surface area contributed by atoms with Crippen LogP contribution in [0.4, 0.5) is 17.5 Å². The van der Waals surface area contributed by atoms with Crippen LogP contribution in [0.15, 0.2) is 70.6 Å². The van der Waals surface area contributed by atoms with Gasteiger partial charge in [0.05, 0.1) is 21.8 Å². The molecule has 0 unspecified atom stereocenters. The second-order valence-electron chi connectivity index (χ2n) is 6.66. The first-order chi connectivity index (χ1) is 14.0. The highest BCUT2D eigenvalue weighted by molar-refractivity contribution is 7.91. The molecule has 2 heterocycles. The lowest BCUT2D eigenvalue weighted by atomic mass is 10.2. The Morgan fingerprint density at radius 3 is 2.17 bits per heavy atom. The zero-order valence-electron chi connectivity index (χ0n) is 15.6. The molecule has 0 saturated carbocycles. The average molecular weight is 430 g/mol. The predicted octanol–water partition coefficient (Wildman–Crippen LogP) is 2.87. The van der Waals surface area contributed by atoms with Gasteiger partial charge in [-0.2, -0.15) is 4.98 Å². The minimum absolute atomic E-state index is 0.0487. The van der Waals surface area contributed by atoms with Gasteiger partial charge in [0.25, 0.3) is 0 Å². The van der Waals surface area contributed by atoms with Crippen molar-refractivity contribution in [3.05, 3.63) is 65.8 Å². The number of para-hydroxylation sites is 1. The number of hydrogen-bond donors (Lipinski definition) is 1. The van der Waals surface area contributed by atoms with Gasteiger partial charge in [-0.1, -0.05) is 41.9 Å². The quantitative estimate of drug-likeness (QED) is 0.681. The van der Waals surface area contributed by atoms with Gasteiger partial charge in [0.15, 0.2) is 0 Å². The van der Waals surface area contributed by atoms with E-state index in [2.05, 4.69) is 14.9 Å². The molecule has 2 aromatic carbocycles. The number of anilines is 3. The molecule has 0 bridgehead atoms. The minimum Gasteiger partial charge on any atom is -0.382 e. The number of nitrogens with two attached hydrogens (primary N) is 1. The van der Waals surface area contributed by atoms with Crippen molar-refractivity contribution >= 4 is 38.9 Å². The molecule has 2 N–H and O–H groups in total. The normalized spacial score (nSPS) is 14.8. The van der Waals surface area contributed by atoms with Crippen molar-refractivity contribution in [3.63, 3.8) is 0 Å². The van der Waals surface area contributed by atoms with Crippen molar-refractivity contribution < 1.29 is 8.42 Å². The molecule has 1 fully saturated rings. The highest BCUT2D eigenvalue weighted by Crippen LogP contribution is 2.28. The third kappa shape index (κ3) is 3.86. The van der Waals surface area contributed by atoms with Crippen LogP contribution in [0.1, 0.15) is 0 Å². The average Bonchev–Trinajstić information content (AvgIpc) is 2.75. The summed E-state index contributed by atoms with van der Waals surface area (Å²) in [4.78, 5) is 12.8. The van der Waals surface area contributed by atoms with E-state index < -0.39 is 9.84 Å². The molecule has 0 atom stereocenters. The van der Waals surface area contributed by atoms with Crippen molar-refractivity contribution in [1.29, 1.82) is 0 Å². The Bertz CT molecular complexity index is 1120. The van der Waals surface area contributed by atoms with E-state index in [1.165, 1.54) is 18.3 Å². The number of sulfone groups is 1. The number of aromatic nitrogens is 2. The highest BCUT2D eigenvalue weighted by atomic mass is 35.5. The van der Waals surface area contributed by atoms with E-state index in [0.717, 1.165) is 23.8 Å². The Balaban J connectivity index is 1.52. The zero-order chi connectivity index (χ0) is 20.4. The molecule has 0 spiro atoms. The Morgan fingerprint density at radius 2 is 1.52 bits per heavy atom. The standard InChI is InChI=1S/C20H20ClN5O2S/c21-16-8-4-5-9-17(16)25-10-12-26(13-11-25)20-23-14-18(19(22)24-20)29(27,28)15-6-2-1-3-7-15/h1-9,14H,10-13H2,(H2,22,23,24). The fraction of sp³-hybridized carbons (Fsp3) is 0.200. The molecule has 1 saturated heterocycles. The minimum atomic E-state index is -3.76. The van der Waals surface area contributed by atoms with Crippen LogP contribution in [0.25, 0.3) is 0 Å². The maximum Gasteiger partial charge on any atom is 0.227 e. The van der Waals surface area contributed by atoms with E-state index >= 15 is 0 Å². The van der Waals surface area contributed by atoms with Gasteiger partial charge in [0, 0.05) is 26.2 Å². The number of hydrogen-bond acceptors (Lipinski definition) is 7. The van der Waals surface area contributed by atoms with Crippen LogP contribution in [0.5, 0.6) is 0 Å². The molecule has 7 nitrogen and oxygen atoms in total. The van der Waals surface area contributed by atoms with Crippen molar-refractivity contribution in [1.82, 2.24) is 9.97 Å². The first kappa shape index (κ1) is 19.5. The first-order valence-electron chi connectivity index (χ1n) is 9.14. The van der Waals surface area contributed by atoms with Gasteiger partial charge in [-0.3, -0.25) is 0 Å². The molecule has 9 heteroatoms. The number of nitrogen functional groups attached to an aromatic ring is 1. The number of halogens is 1. The summed E-state index contributed by atoms with van der Waals surface area (Å²) < 4.78 is 25.6. The summed E-state index contributed by atoms with van der Waals surface area (Å²) in [7, 11) is -3.76. The van der Waals surface area contributed by atoms with Gasteiger partial charge in [-0.25, -0.2) is 13.4 Å². The lowest BCUT2D eigenvalue weighted by molar-refractivity contribution is 0.595. The molecule has 0 radical (unpaired) electrons. The van der Waals surface area contributed by atoms with E-state index in [1.807, 2.05) is 29.2 Å². The summed E-state index contributed by atoms with van der Waals surface area (Å²) in [6.45, 7) is 2.85. The molecule has 3 aromatic rings. The maximum absolute atomic E-state index is 12.8. The number of nitrogens with zero attached hydrogens (tertiary/aromatic N) is 4. The topological polar surface area (TPSA) is 92.4 Å². The Labute approximate surface area is 174 Å². The predicted molar refractivity (Wildman–Crippen MR) is 114 cm³/mol. The van der Waals surface area contributed by atoms with E-state index in [0.29, 0.717) is 19.0 Å². The number of benzene rings is 2. The van der Waals surface area contributed by atoms with Gasteiger partial charge in [0.2, 0.25) is 15.8 Å². The van der Waals surface area contributed by atoms with Crippen LogP contribution in [0.2, 0.25) is 5.02 Å². The van der Waals surface area contributed by atoms with Crippen LogP contribution < -0.4 is 15.5 Å². The maximum atomic E-state index is 12.8. The summed E-state index contributed by atoms with van der Waals surface area (Å²) in [5.74, 6) is 0.376. The van der Waals surface area contributed by atoms with Crippen molar-refractivity contribution in [2.24, 2.45) is 0 Å². The van der Waals surface area contributed by atoms with Crippen molar-refractivity contribution in [2.45, 2.75) is 9.79 Å². The van der Waals surface area contributed by atoms with Gasteiger partial charge in [-0.15, -0.1) is 0 Å². The zero-order valence-corrected chi connectivity index (χ0v) is 17.1. The van der Waals surface area contributed by atoms with Crippen LogP contribution >= 0.6 is 11.6 Å². The Morgan fingerprint density at radius 1 is 0.897 bits per heavy atom. The third-order valence-electron chi connectivity index (χ3n) is 4.87. The summed E-state index contributed by atoms with van der Waals surface area (Å²) in [5.41, 5.74) is 7.00. The fourth-order valence-corrected chi connectivity index (χ4v) is 4.85. The molecule has 29 heavy (non-hydrogen) atoms. The first-order valence-corrected chi connectivity index (χ1v) is 11.0. The van der Waals surface area contributed by atoms with Crippen molar-refractivity contribution in [3.8, 4) is 0 Å². The Kier molecular flexibility index (Phi) is 5.29. The van der Waals surface area contributed by atoms with Gasteiger partial charge < -0.3 is 15.5 Å². The molecule has 150 valence electrons. The highest BCUT2D eigenvalue weighted by Gasteiger charge is 2.25. The summed E-state index contributed by atoms with van der Waals surface area (Å²) >= 11 is 6.29. The van der Waals surface area contributed by atoms with Crippen LogP contribution in [-0.2, 0) is 9.84 Å². The van der Waals surface area contributed by atoms with Gasteiger partial charge in [-0.05, 0) is 24.3 Å².